The van der Waals surface area contributed by atoms with E-state index in [0.717, 1.165) is 53.4 Å². The minimum Gasteiger partial charge on any atom is -0.481 e. The summed E-state index contributed by atoms with van der Waals surface area (Å²) < 4.78 is 6.62. The number of likely N-dealkylation sites (tertiary alicyclic amines) is 1. The van der Waals surface area contributed by atoms with Gasteiger partial charge in [0.1, 0.15) is 5.52 Å². The van der Waals surface area contributed by atoms with E-state index in [1.54, 1.807) is 6.20 Å². The molecule has 0 saturated carbocycles. The first-order chi connectivity index (χ1) is 21.3. The van der Waals surface area contributed by atoms with Gasteiger partial charge >= 0.3 is 12.0 Å². The monoisotopic (exact) mass is 598 g/mol. The van der Waals surface area contributed by atoms with E-state index in [0.29, 0.717) is 31.9 Å². The highest BCUT2D eigenvalue weighted by atomic mass is 16.5. The molecule has 3 atom stereocenters. The number of carbonyl (C=O) groups excluding carboxylic acids is 1. The summed E-state index contributed by atoms with van der Waals surface area (Å²) in [5, 5.41) is 16.6. The Balaban J connectivity index is 1.42. The van der Waals surface area contributed by atoms with Crippen LogP contribution in [0.25, 0.3) is 16.5 Å². The van der Waals surface area contributed by atoms with Crippen LogP contribution in [0.4, 0.5) is 10.6 Å². The van der Waals surface area contributed by atoms with Crippen molar-refractivity contribution in [3.63, 3.8) is 0 Å². The molecule has 0 radical (unpaired) electrons. The smallest absolute Gasteiger partial charge is 0.312 e. The predicted octanol–water partition coefficient (Wildman–Crippen LogP) is 5.24. The Morgan fingerprint density at radius 2 is 2.05 bits per heavy atom. The first kappa shape index (κ1) is 31.2. The average molecular weight is 599 g/mol. The van der Waals surface area contributed by atoms with Gasteiger partial charge in [0.15, 0.2) is 11.5 Å². The van der Waals surface area contributed by atoms with Gasteiger partial charge in [0.05, 0.1) is 13.0 Å². The van der Waals surface area contributed by atoms with Crippen molar-refractivity contribution in [3.05, 3.63) is 83.7 Å². The molecule has 1 aliphatic carbocycles. The summed E-state index contributed by atoms with van der Waals surface area (Å²) in [4.78, 5) is 34.4. The average Bonchev–Trinajstić information content (AvgIpc) is 2.99. The molecule has 2 amide bonds. The molecule has 10 nitrogen and oxygen atoms in total. The highest BCUT2D eigenvalue weighted by molar-refractivity contribution is 5.89. The first-order valence-corrected chi connectivity index (χ1v) is 15.4. The zero-order chi connectivity index (χ0) is 31.1. The number of aryl methyl sites for hydroxylation is 1. The summed E-state index contributed by atoms with van der Waals surface area (Å²) >= 11 is 0. The lowest BCUT2D eigenvalue weighted by Crippen LogP contribution is -2.47. The number of nitrogens with one attached hydrogen (secondary N) is 2. The predicted molar refractivity (Wildman–Crippen MR) is 172 cm³/mol. The van der Waals surface area contributed by atoms with Crippen molar-refractivity contribution < 1.29 is 19.4 Å². The molecule has 3 heterocycles. The van der Waals surface area contributed by atoms with Crippen LogP contribution >= 0.6 is 0 Å². The van der Waals surface area contributed by atoms with E-state index in [2.05, 4.69) is 53.7 Å². The largest absolute Gasteiger partial charge is 0.481 e. The van der Waals surface area contributed by atoms with E-state index in [9.17, 15) is 14.7 Å². The number of aromatic nitrogens is 2. The van der Waals surface area contributed by atoms with E-state index >= 15 is 0 Å². The number of anilines is 1. The van der Waals surface area contributed by atoms with Crippen LogP contribution in [-0.2, 0) is 16.1 Å². The molecule has 5 rings (SSSR count). The molecule has 3 aromatic rings. The van der Waals surface area contributed by atoms with Crippen LogP contribution in [0.2, 0.25) is 0 Å². The summed E-state index contributed by atoms with van der Waals surface area (Å²) in [5.74, 6) is -0.250. The second kappa shape index (κ2) is 14.0. The van der Waals surface area contributed by atoms with E-state index in [4.69, 9.17) is 20.4 Å². The fraction of sp³-hybridized carbons (Fsp3) is 0.412. The zero-order valence-electron chi connectivity index (χ0n) is 25.5. The summed E-state index contributed by atoms with van der Waals surface area (Å²) in [6, 6.07) is 11.9. The van der Waals surface area contributed by atoms with Gasteiger partial charge in [0.25, 0.3) is 0 Å². The molecular weight excluding hydrogens is 556 g/mol. The number of nitrogens with zero attached hydrogens (tertiary/aromatic N) is 3. The number of allylic oxidation sites excluding steroid dienone is 2. The standard InChI is InChI=1S/C34H42N6O4/c1-23-9-3-4-11-28(23)29-12-7-14-34(24(29)2,44-18-8-15-37-33(35)43)39-32-31-26(13-16-36-32)19-25(21-38-31)22-40-17-6-5-10-27(40)20-30(41)42/h3-4,7,9,11-14,16,19,21,24,27H,5-6,8,10,15,17-18,20,22H2,1-2H3,(H,36,39)(H,41,42)(H3,35,37,43). The minimum atomic E-state index is -0.932. The lowest BCUT2D eigenvalue weighted by atomic mass is 9.80. The van der Waals surface area contributed by atoms with Crippen LogP contribution in [0.15, 0.2) is 67.0 Å². The number of primary amides is 1. The number of carboxylic acid groups (broad SMARTS) is 1. The maximum Gasteiger partial charge on any atom is 0.312 e. The number of carbonyl (C=O) groups is 2. The molecule has 232 valence electrons. The van der Waals surface area contributed by atoms with Crippen LogP contribution in [0.5, 0.6) is 0 Å². The Kier molecular flexibility index (Phi) is 9.92. The number of pyridine rings is 2. The van der Waals surface area contributed by atoms with Crippen molar-refractivity contribution in [1.29, 1.82) is 0 Å². The topological polar surface area (TPSA) is 143 Å². The van der Waals surface area contributed by atoms with E-state index in [1.807, 2.05) is 36.5 Å². The van der Waals surface area contributed by atoms with Crippen molar-refractivity contribution >= 4 is 34.3 Å². The quantitative estimate of drug-likeness (QED) is 0.164. The summed E-state index contributed by atoms with van der Waals surface area (Å²) in [6.07, 6.45) is 13.6. The number of amides is 2. The van der Waals surface area contributed by atoms with Crippen LogP contribution in [0.3, 0.4) is 0 Å². The van der Waals surface area contributed by atoms with E-state index in [-0.39, 0.29) is 18.4 Å². The molecule has 44 heavy (non-hydrogen) atoms. The van der Waals surface area contributed by atoms with E-state index < -0.39 is 17.7 Å². The van der Waals surface area contributed by atoms with Gasteiger partial charge in [0.2, 0.25) is 0 Å². The number of nitrogens with two attached hydrogens (primary N) is 1. The van der Waals surface area contributed by atoms with Gasteiger partial charge in [-0.05, 0) is 73.2 Å². The molecule has 2 aromatic heterocycles. The molecule has 1 aromatic carbocycles. The Morgan fingerprint density at radius 3 is 2.84 bits per heavy atom. The molecule has 3 unspecified atom stereocenters. The highest BCUT2D eigenvalue weighted by Crippen LogP contribution is 2.40. The van der Waals surface area contributed by atoms with E-state index in [1.165, 1.54) is 5.56 Å². The Bertz CT molecular complexity index is 1560. The third-order valence-corrected chi connectivity index (χ3v) is 8.66. The van der Waals surface area contributed by atoms with Crippen LogP contribution in [0.1, 0.15) is 55.7 Å². The van der Waals surface area contributed by atoms with Crippen LogP contribution in [0, 0.1) is 12.8 Å². The van der Waals surface area contributed by atoms with Gasteiger partial charge in [-0.25, -0.2) is 9.78 Å². The second-order valence-corrected chi connectivity index (χ2v) is 11.7. The molecule has 0 spiro atoms. The Labute approximate surface area is 258 Å². The normalized spacial score (nSPS) is 22.0. The number of rotatable bonds is 12. The maximum absolute atomic E-state index is 11.4. The molecule has 2 aliphatic rings. The number of urea groups is 1. The van der Waals surface area contributed by atoms with Gasteiger partial charge in [0, 0.05) is 42.8 Å². The third-order valence-electron chi connectivity index (χ3n) is 8.66. The number of hydrogen-bond acceptors (Lipinski definition) is 7. The van der Waals surface area contributed by atoms with Gasteiger partial charge in [-0.3, -0.25) is 14.7 Å². The number of piperidine rings is 1. The minimum absolute atomic E-state index is 0.0388. The van der Waals surface area contributed by atoms with Crippen molar-refractivity contribution in [2.24, 2.45) is 11.7 Å². The number of carboxylic acids is 1. The fourth-order valence-corrected chi connectivity index (χ4v) is 6.32. The number of benzene rings is 1. The van der Waals surface area contributed by atoms with Gasteiger partial charge in [-0.2, -0.15) is 0 Å². The highest BCUT2D eigenvalue weighted by Gasteiger charge is 2.40. The molecule has 10 heteroatoms. The van der Waals surface area contributed by atoms with Gasteiger partial charge in [-0.1, -0.05) is 49.8 Å². The van der Waals surface area contributed by atoms with Crippen molar-refractivity contribution in [2.45, 2.75) is 64.3 Å². The lowest BCUT2D eigenvalue weighted by Gasteiger charge is -2.41. The molecule has 1 aliphatic heterocycles. The zero-order valence-corrected chi connectivity index (χ0v) is 25.5. The summed E-state index contributed by atoms with van der Waals surface area (Å²) in [6.45, 7) is 6.56. The van der Waals surface area contributed by atoms with Gasteiger partial charge in [-0.15, -0.1) is 0 Å². The fourth-order valence-electron chi connectivity index (χ4n) is 6.32. The molecule has 1 fully saturated rings. The lowest BCUT2D eigenvalue weighted by molar-refractivity contribution is -0.138. The van der Waals surface area contributed by atoms with Gasteiger partial charge < -0.3 is 26.2 Å². The molecule has 1 saturated heterocycles. The van der Waals surface area contributed by atoms with Crippen molar-refractivity contribution in [3.8, 4) is 0 Å². The number of fused-ring (bicyclic) bond motifs is 1. The molecule has 0 bridgehead atoms. The number of aliphatic carboxylic acids is 1. The molecule has 5 N–H and O–H groups in total. The first-order valence-electron chi connectivity index (χ1n) is 15.4. The van der Waals surface area contributed by atoms with Crippen molar-refractivity contribution in [1.82, 2.24) is 20.2 Å². The Hall–Kier alpha value is -4.28. The number of hydrogen-bond donors (Lipinski definition) is 4. The Morgan fingerprint density at radius 1 is 1.20 bits per heavy atom. The van der Waals surface area contributed by atoms with Crippen LogP contribution < -0.4 is 16.4 Å². The third kappa shape index (κ3) is 7.26. The summed E-state index contributed by atoms with van der Waals surface area (Å²) in [7, 11) is 0. The second-order valence-electron chi connectivity index (χ2n) is 11.7. The SMILES string of the molecule is Cc1ccccc1C1=CC=CC(Nc2nccc3cc(CN4CCCCC4CC(=O)O)cnc23)(OCCCNC(N)=O)C1C. The number of ether oxygens (including phenoxy) is 1. The summed E-state index contributed by atoms with van der Waals surface area (Å²) in [5.41, 5.74) is 9.55. The molecular formula is C34H42N6O4. The van der Waals surface area contributed by atoms with Crippen molar-refractivity contribution in [2.75, 3.05) is 25.0 Å². The van der Waals surface area contributed by atoms with Crippen LogP contribution in [-0.4, -0.2) is 63.4 Å². The maximum atomic E-state index is 11.4.